The van der Waals surface area contributed by atoms with E-state index in [2.05, 4.69) is 15.3 Å². The molecule has 0 unspecified atom stereocenters. The highest BCUT2D eigenvalue weighted by Crippen LogP contribution is 2.24. The number of methoxy groups -OCH3 is 1. The Morgan fingerprint density at radius 2 is 1.69 bits per heavy atom. The van der Waals surface area contributed by atoms with Gasteiger partial charge in [0.25, 0.3) is 0 Å². The average Bonchev–Trinajstić information content (AvgIpc) is 2.92. The minimum absolute atomic E-state index is 0.00290. The van der Waals surface area contributed by atoms with Crippen molar-refractivity contribution in [2.75, 3.05) is 12.4 Å². The monoisotopic (exact) mass is 551 g/mol. The highest BCUT2D eigenvalue weighted by Gasteiger charge is 2.26. The highest BCUT2D eigenvalue weighted by molar-refractivity contribution is 6.30. The van der Waals surface area contributed by atoms with Crippen molar-refractivity contribution in [1.82, 2.24) is 19.1 Å². The maximum absolute atomic E-state index is 13.5. The van der Waals surface area contributed by atoms with Crippen molar-refractivity contribution in [3.8, 4) is 17.4 Å². The first kappa shape index (κ1) is 27.4. The van der Waals surface area contributed by atoms with Gasteiger partial charge in [-0.15, -0.1) is 0 Å². The molecule has 0 amide bonds. The normalized spacial score (nSPS) is 12.4. The molecule has 0 saturated carbocycles. The summed E-state index contributed by atoms with van der Waals surface area (Å²) in [5.41, 5.74) is -0.295. The van der Waals surface area contributed by atoms with Gasteiger partial charge >= 0.3 is 17.3 Å². The minimum atomic E-state index is -1.13. The van der Waals surface area contributed by atoms with Crippen molar-refractivity contribution in [2.24, 2.45) is 5.92 Å². The maximum Gasteiger partial charge on any atom is 0.355 e. The van der Waals surface area contributed by atoms with Crippen LogP contribution < -0.4 is 26.2 Å². The summed E-state index contributed by atoms with van der Waals surface area (Å²) in [4.78, 5) is 46.3. The van der Waals surface area contributed by atoms with E-state index in [4.69, 9.17) is 21.1 Å². The molecule has 0 fully saturated rings. The fourth-order valence-electron chi connectivity index (χ4n) is 3.70. The summed E-state index contributed by atoms with van der Waals surface area (Å²) >= 11 is 6.00. The van der Waals surface area contributed by atoms with Crippen molar-refractivity contribution in [3.05, 3.63) is 98.4 Å². The number of halogens is 1. The number of aliphatic carboxylic acids is 1. The highest BCUT2D eigenvalue weighted by atomic mass is 35.5. The molecule has 2 aromatic carbocycles. The Balaban J connectivity index is 1.66. The molecule has 0 radical (unpaired) electrons. The van der Waals surface area contributed by atoms with E-state index in [0.717, 1.165) is 10.1 Å². The zero-order chi connectivity index (χ0) is 28.1. The van der Waals surface area contributed by atoms with E-state index >= 15 is 0 Å². The summed E-state index contributed by atoms with van der Waals surface area (Å²) in [6, 6.07) is 16.1. The predicted molar refractivity (Wildman–Crippen MR) is 145 cm³/mol. The number of aromatic nitrogens is 4. The maximum atomic E-state index is 13.5. The molecule has 4 rings (SSSR count). The number of anilines is 2. The third kappa shape index (κ3) is 6.44. The van der Waals surface area contributed by atoms with Gasteiger partial charge in [0, 0.05) is 16.8 Å². The van der Waals surface area contributed by atoms with E-state index in [9.17, 15) is 19.5 Å². The van der Waals surface area contributed by atoms with E-state index < -0.39 is 29.3 Å². The molecular weight excluding hydrogens is 526 g/mol. The number of nitrogens with one attached hydrogen (secondary N) is 1. The molecule has 4 aromatic rings. The van der Waals surface area contributed by atoms with Crippen LogP contribution in [0.4, 0.5) is 11.6 Å². The molecule has 2 aromatic heterocycles. The van der Waals surface area contributed by atoms with Gasteiger partial charge in [0.1, 0.15) is 11.5 Å². The third-order valence-corrected chi connectivity index (χ3v) is 6.40. The number of carboxylic acids is 1. The SMILES string of the molecule is COc1ccc(Oc2ccc(Nc3nc(=O)n([C@@H](C)[C@@H](C)C(=O)O)c(=O)n3Cc3ccc(Cl)cc3)cc2)nc1. The zero-order valence-electron chi connectivity index (χ0n) is 21.4. The van der Waals surface area contributed by atoms with Crippen molar-refractivity contribution in [3.63, 3.8) is 0 Å². The number of nitrogens with zero attached hydrogens (tertiary/aromatic N) is 4. The van der Waals surface area contributed by atoms with E-state index in [-0.39, 0.29) is 12.5 Å². The molecule has 39 heavy (non-hydrogen) atoms. The first-order valence-corrected chi connectivity index (χ1v) is 12.3. The van der Waals surface area contributed by atoms with Crippen LogP contribution in [0.3, 0.4) is 0 Å². The lowest BCUT2D eigenvalue weighted by Gasteiger charge is -2.21. The van der Waals surface area contributed by atoms with Crippen LogP contribution in [0.5, 0.6) is 17.4 Å². The lowest BCUT2D eigenvalue weighted by molar-refractivity contribution is -0.142. The standard InChI is InChI=1S/C27H26ClN5O6/c1-16(24(34)35)17(2)33-26(36)31-25(32(27(33)37)15-18-4-6-19(28)7-5-18)30-20-8-10-21(11-9-20)39-23-13-12-22(38-3)14-29-23/h4-14,16-17H,15H2,1-3H3,(H,34,35)(H,30,31,36)/t16-,17+/m1/s1. The zero-order valence-corrected chi connectivity index (χ0v) is 22.1. The van der Waals surface area contributed by atoms with Gasteiger partial charge in [0.05, 0.1) is 31.8 Å². The molecular formula is C27H26ClN5O6. The molecule has 0 saturated heterocycles. The van der Waals surface area contributed by atoms with Gasteiger partial charge < -0.3 is 19.9 Å². The molecule has 202 valence electrons. The number of benzene rings is 2. The van der Waals surface area contributed by atoms with Gasteiger partial charge in [-0.25, -0.2) is 19.1 Å². The number of rotatable bonds is 10. The second-order valence-electron chi connectivity index (χ2n) is 8.74. The summed E-state index contributed by atoms with van der Waals surface area (Å²) in [7, 11) is 1.55. The van der Waals surface area contributed by atoms with Gasteiger partial charge in [-0.2, -0.15) is 4.98 Å². The molecule has 0 spiro atoms. The van der Waals surface area contributed by atoms with Gasteiger partial charge in [0.2, 0.25) is 11.8 Å². The first-order valence-electron chi connectivity index (χ1n) is 11.9. The van der Waals surface area contributed by atoms with Crippen LogP contribution in [0.15, 0.2) is 76.4 Å². The second-order valence-corrected chi connectivity index (χ2v) is 9.17. The minimum Gasteiger partial charge on any atom is -0.495 e. The number of hydrogen-bond donors (Lipinski definition) is 2. The Morgan fingerprint density at radius 3 is 2.28 bits per heavy atom. The Hall–Kier alpha value is -4.64. The van der Waals surface area contributed by atoms with Crippen molar-refractivity contribution in [2.45, 2.75) is 26.4 Å². The summed E-state index contributed by atoms with van der Waals surface area (Å²) in [5, 5.41) is 13.0. The fourth-order valence-corrected chi connectivity index (χ4v) is 3.83. The summed E-state index contributed by atoms with van der Waals surface area (Å²) in [6.45, 7) is 2.99. The average molecular weight is 552 g/mol. The Kier molecular flexibility index (Phi) is 8.30. The van der Waals surface area contributed by atoms with E-state index in [1.165, 1.54) is 24.6 Å². The molecule has 11 nitrogen and oxygen atoms in total. The predicted octanol–water partition coefficient (Wildman–Crippen LogP) is 4.33. The number of pyridine rings is 1. The van der Waals surface area contributed by atoms with Crippen molar-refractivity contribution < 1.29 is 19.4 Å². The number of hydrogen-bond acceptors (Lipinski definition) is 8. The molecule has 0 aliphatic carbocycles. The number of carboxylic acid groups (broad SMARTS) is 1. The summed E-state index contributed by atoms with van der Waals surface area (Å²) < 4.78 is 13.0. The van der Waals surface area contributed by atoms with Crippen LogP contribution in [-0.2, 0) is 11.3 Å². The van der Waals surface area contributed by atoms with Crippen LogP contribution in [0.2, 0.25) is 5.02 Å². The van der Waals surface area contributed by atoms with Crippen LogP contribution in [0, 0.1) is 5.92 Å². The molecule has 12 heteroatoms. The number of carbonyl (C=O) groups is 1. The Morgan fingerprint density at radius 1 is 1.03 bits per heavy atom. The van der Waals surface area contributed by atoms with Gasteiger partial charge in [-0.3, -0.25) is 9.36 Å². The van der Waals surface area contributed by atoms with Gasteiger partial charge in [0.15, 0.2) is 0 Å². The van der Waals surface area contributed by atoms with Crippen LogP contribution in [0.25, 0.3) is 0 Å². The third-order valence-electron chi connectivity index (χ3n) is 6.15. The van der Waals surface area contributed by atoms with Gasteiger partial charge in [-0.1, -0.05) is 23.7 Å². The summed E-state index contributed by atoms with van der Waals surface area (Å²) in [6.07, 6.45) is 1.54. The topological polar surface area (TPSA) is 138 Å². The lowest BCUT2D eigenvalue weighted by Crippen LogP contribution is -2.46. The molecule has 2 heterocycles. The molecule has 2 atom stereocenters. The Bertz CT molecular complexity index is 1570. The lowest BCUT2D eigenvalue weighted by atomic mass is 10.0. The fraction of sp³-hybridized carbons (Fsp3) is 0.222. The first-order chi connectivity index (χ1) is 18.7. The quantitative estimate of drug-likeness (QED) is 0.295. The smallest absolute Gasteiger partial charge is 0.355 e. The van der Waals surface area contributed by atoms with E-state index in [1.807, 2.05) is 0 Å². The number of ether oxygens (including phenoxy) is 2. The Labute approximate surface area is 228 Å². The molecule has 0 aliphatic rings. The molecule has 0 bridgehead atoms. The van der Waals surface area contributed by atoms with E-state index in [0.29, 0.717) is 28.1 Å². The largest absolute Gasteiger partial charge is 0.495 e. The molecule has 2 N–H and O–H groups in total. The van der Waals surface area contributed by atoms with Crippen LogP contribution in [-0.4, -0.2) is 37.3 Å². The van der Waals surface area contributed by atoms with Crippen molar-refractivity contribution in [1.29, 1.82) is 0 Å². The van der Waals surface area contributed by atoms with E-state index in [1.54, 1.807) is 67.8 Å². The van der Waals surface area contributed by atoms with Crippen molar-refractivity contribution >= 4 is 29.2 Å². The van der Waals surface area contributed by atoms with Crippen LogP contribution in [0.1, 0.15) is 25.5 Å². The molecule has 0 aliphatic heterocycles. The second kappa shape index (κ2) is 11.8. The van der Waals surface area contributed by atoms with Crippen LogP contribution >= 0.6 is 11.6 Å². The van der Waals surface area contributed by atoms with Gasteiger partial charge in [-0.05, 0) is 61.9 Å². The summed E-state index contributed by atoms with van der Waals surface area (Å²) in [5.74, 6) is -0.635.